The number of hydrogen-bond acceptors (Lipinski definition) is 5. The maximum atomic E-state index is 12.8. The van der Waals surface area contributed by atoms with Gasteiger partial charge in [0.05, 0.1) is 17.3 Å². The quantitative estimate of drug-likeness (QED) is 0.843. The first-order valence-corrected chi connectivity index (χ1v) is 8.96. The highest BCUT2D eigenvalue weighted by Gasteiger charge is 2.22. The second kappa shape index (κ2) is 6.82. The van der Waals surface area contributed by atoms with Crippen molar-refractivity contribution in [1.82, 2.24) is 9.71 Å². The number of thiazole rings is 1. The second-order valence-corrected chi connectivity index (χ2v) is 8.20. The maximum absolute atomic E-state index is 12.8. The Labute approximate surface area is 132 Å². The first-order valence-electron chi connectivity index (χ1n) is 6.66. The van der Waals surface area contributed by atoms with E-state index in [4.69, 9.17) is 0 Å². The van der Waals surface area contributed by atoms with E-state index in [1.165, 1.54) is 30.5 Å². The molecular formula is C14H17FN2O3S2. The minimum absolute atomic E-state index is 0.146. The molecule has 2 aromatic rings. The van der Waals surface area contributed by atoms with Crippen molar-refractivity contribution in [2.45, 2.75) is 36.6 Å². The molecule has 0 radical (unpaired) electrons. The molecular weight excluding hydrogens is 327 g/mol. The number of halogens is 1. The van der Waals surface area contributed by atoms with Gasteiger partial charge >= 0.3 is 0 Å². The summed E-state index contributed by atoms with van der Waals surface area (Å²) in [5.74, 6) is -0.384. The number of nitrogens with one attached hydrogen (secondary N) is 1. The summed E-state index contributed by atoms with van der Waals surface area (Å²) in [5, 5.41) is 10.8. The van der Waals surface area contributed by atoms with Crippen molar-refractivity contribution in [3.05, 3.63) is 46.9 Å². The first-order chi connectivity index (χ1) is 10.3. The van der Waals surface area contributed by atoms with Gasteiger partial charge in [0.2, 0.25) is 0 Å². The summed E-state index contributed by atoms with van der Waals surface area (Å²) < 4.78 is 39.8. The zero-order chi connectivity index (χ0) is 16.3. The number of sulfonamides is 1. The first kappa shape index (κ1) is 17.0. The molecule has 0 spiro atoms. The Hall–Kier alpha value is -1.35. The Kier molecular flexibility index (Phi) is 5.28. The summed E-state index contributed by atoms with van der Waals surface area (Å²) in [6.07, 6.45) is 0.621. The van der Waals surface area contributed by atoms with Crippen LogP contribution < -0.4 is 4.72 Å². The molecule has 0 aliphatic rings. The van der Waals surface area contributed by atoms with Crippen molar-refractivity contribution in [1.29, 1.82) is 0 Å². The van der Waals surface area contributed by atoms with Crippen LogP contribution in [0.4, 0.5) is 4.39 Å². The van der Waals surface area contributed by atoms with Crippen LogP contribution in [0.5, 0.6) is 0 Å². The molecule has 1 heterocycles. The van der Waals surface area contributed by atoms with Crippen molar-refractivity contribution >= 4 is 21.4 Å². The average molecular weight is 344 g/mol. The molecule has 5 nitrogen and oxygen atoms in total. The molecule has 22 heavy (non-hydrogen) atoms. The zero-order valence-electron chi connectivity index (χ0n) is 12.2. The van der Waals surface area contributed by atoms with Gasteiger partial charge in [-0.05, 0) is 38.0 Å². The lowest BCUT2D eigenvalue weighted by Gasteiger charge is -2.17. The van der Waals surface area contributed by atoms with Crippen molar-refractivity contribution in [3.8, 4) is 0 Å². The van der Waals surface area contributed by atoms with Crippen LogP contribution in [0.2, 0.25) is 0 Å². The van der Waals surface area contributed by atoms with Crippen molar-refractivity contribution < 1.29 is 17.9 Å². The normalized spacial score (nSPS) is 14.7. The molecule has 0 amide bonds. The number of nitrogens with zero attached hydrogens (tertiary/aromatic N) is 1. The van der Waals surface area contributed by atoms with Gasteiger partial charge in [-0.1, -0.05) is 12.1 Å². The highest BCUT2D eigenvalue weighted by atomic mass is 32.2. The summed E-state index contributed by atoms with van der Waals surface area (Å²) in [5.41, 5.74) is 0.543. The lowest BCUT2D eigenvalue weighted by atomic mass is 10.0. The van der Waals surface area contributed by atoms with Crippen molar-refractivity contribution in [2.24, 2.45) is 0 Å². The highest BCUT2D eigenvalue weighted by molar-refractivity contribution is 7.91. The Morgan fingerprint density at radius 2 is 2.00 bits per heavy atom. The molecule has 8 heteroatoms. The van der Waals surface area contributed by atoms with Crippen LogP contribution in [0.1, 0.15) is 30.0 Å². The summed E-state index contributed by atoms with van der Waals surface area (Å²) in [7, 11) is -3.64. The molecule has 0 aliphatic heterocycles. The number of aromatic nitrogens is 1. The minimum Gasteiger partial charge on any atom is -0.388 e. The van der Waals surface area contributed by atoms with Crippen LogP contribution in [-0.2, 0) is 10.0 Å². The third kappa shape index (κ3) is 4.33. The summed E-state index contributed by atoms with van der Waals surface area (Å²) in [4.78, 5) is 3.92. The van der Waals surface area contributed by atoms with Gasteiger partial charge in [-0.15, -0.1) is 11.3 Å². The number of aryl methyl sites for hydroxylation is 1. The molecule has 0 aliphatic carbocycles. The van der Waals surface area contributed by atoms with E-state index in [1.807, 2.05) is 0 Å². The van der Waals surface area contributed by atoms with Gasteiger partial charge in [-0.3, -0.25) is 0 Å². The van der Waals surface area contributed by atoms with E-state index < -0.39 is 22.2 Å². The molecule has 0 unspecified atom stereocenters. The molecule has 1 aromatic heterocycles. The van der Waals surface area contributed by atoms with Gasteiger partial charge < -0.3 is 5.11 Å². The summed E-state index contributed by atoms with van der Waals surface area (Å²) in [6.45, 7) is 3.39. The standard InChI is InChI=1S/C14H17FN2O3S2/c1-9(7-13(18)11-3-5-12(15)6-4-11)17-22(19,20)14-8-16-10(2)21-14/h3-6,8-9,13,17-18H,7H2,1-2H3/t9-,13+/m1/s1. The average Bonchev–Trinajstić information content (AvgIpc) is 2.86. The predicted octanol–water partition coefficient (Wildman–Crippen LogP) is 2.38. The van der Waals surface area contributed by atoms with Gasteiger partial charge in [0.1, 0.15) is 5.82 Å². The largest absolute Gasteiger partial charge is 0.388 e. The van der Waals surface area contributed by atoms with E-state index in [-0.39, 0.29) is 16.4 Å². The lowest BCUT2D eigenvalue weighted by Crippen LogP contribution is -2.33. The zero-order valence-corrected chi connectivity index (χ0v) is 13.8. The Morgan fingerprint density at radius 3 is 2.55 bits per heavy atom. The molecule has 0 fully saturated rings. The molecule has 0 bridgehead atoms. The summed E-state index contributed by atoms with van der Waals surface area (Å²) >= 11 is 1.09. The Bertz CT molecular complexity index is 729. The third-order valence-corrected chi connectivity index (χ3v) is 6.02. The number of hydrogen-bond donors (Lipinski definition) is 2. The van der Waals surface area contributed by atoms with Gasteiger partial charge in [0.25, 0.3) is 10.0 Å². The second-order valence-electron chi connectivity index (χ2n) is 5.02. The monoisotopic (exact) mass is 344 g/mol. The lowest BCUT2D eigenvalue weighted by molar-refractivity contribution is 0.158. The minimum atomic E-state index is -3.64. The molecule has 2 rings (SSSR count). The number of rotatable bonds is 6. The molecule has 2 atom stereocenters. The van der Waals surface area contributed by atoms with E-state index in [0.29, 0.717) is 10.6 Å². The van der Waals surface area contributed by atoms with E-state index in [1.54, 1.807) is 13.8 Å². The van der Waals surface area contributed by atoms with Crippen LogP contribution >= 0.6 is 11.3 Å². The van der Waals surface area contributed by atoms with Gasteiger partial charge in [-0.2, -0.15) is 0 Å². The van der Waals surface area contributed by atoms with Crippen LogP contribution in [0.3, 0.4) is 0 Å². The SMILES string of the molecule is Cc1ncc(S(=O)(=O)N[C@H](C)C[C@H](O)c2ccc(F)cc2)s1. The Morgan fingerprint density at radius 1 is 1.36 bits per heavy atom. The third-order valence-electron chi connectivity index (χ3n) is 3.05. The molecule has 0 saturated heterocycles. The predicted molar refractivity (Wildman–Crippen MR) is 82.6 cm³/mol. The van der Waals surface area contributed by atoms with Gasteiger partial charge in [0.15, 0.2) is 4.21 Å². The van der Waals surface area contributed by atoms with Crippen LogP contribution in [0, 0.1) is 12.7 Å². The number of benzene rings is 1. The number of aliphatic hydroxyl groups is 1. The van der Waals surface area contributed by atoms with Crippen LogP contribution in [0.25, 0.3) is 0 Å². The van der Waals surface area contributed by atoms with E-state index >= 15 is 0 Å². The molecule has 2 N–H and O–H groups in total. The van der Waals surface area contributed by atoms with Crippen LogP contribution in [-0.4, -0.2) is 24.6 Å². The highest BCUT2D eigenvalue weighted by Crippen LogP contribution is 2.21. The maximum Gasteiger partial charge on any atom is 0.251 e. The molecule has 1 aromatic carbocycles. The van der Waals surface area contributed by atoms with E-state index in [0.717, 1.165) is 11.3 Å². The van der Waals surface area contributed by atoms with Gasteiger partial charge in [-0.25, -0.2) is 22.5 Å². The Balaban J connectivity index is 2.00. The van der Waals surface area contributed by atoms with Crippen molar-refractivity contribution in [2.75, 3.05) is 0 Å². The van der Waals surface area contributed by atoms with Crippen molar-refractivity contribution in [3.63, 3.8) is 0 Å². The van der Waals surface area contributed by atoms with E-state index in [9.17, 15) is 17.9 Å². The van der Waals surface area contributed by atoms with Crippen LogP contribution in [0.15, 0.2) is 34.7 Å². The van der Waals surface area contributed by atoms with E-state index in [2.05, 4.69) is 9.71 Å². The topological polar surface area (TPSA) is 79.3 Å². The fourth-order valence-electron chi connectivity index (χ4n) is 1.99. The number of aliphatic hydroxyl groups excluding tert-OH is 1. The fraction of sp³-hybridized carbons (Fsp3) is 0.357. The molecule has 120 valence electrons. The fourth-order valence-corrected chi connectivity index (χ4v) is 4.37. The molecule has 0 saturated carbocycles. The smallest absolute Gasteiger partial charge is 0.251 e. The summed E-state index contributed by atoms with van der Waals surface area (Å²) in [6, 6.07) is 5.00. The van der Waals surface area contributed by atoms with Gasteiger partial charge in [0, 0.05) is 6.04 Å².